The SMILES string of the molecule is CN(Cc1ccncc1)C1CCC(NS(=O)(=O)c2ccc(N3CCOCC3)nc2)CC1. The number of ether oxygens (including phenoxy) is 1. The number of morpholine rings is 1. The summed E-state index contributed by atoms with van der Waals surface area (Å²) in [5, 5.41) is 0. The molecule has 1 aliphatic carbocycles. The molecule has 0 radical (unpaired) electrons. The second kappa shape index (κ2) is 10.0. The number of sulfonamides is 1. The smallest absolute Gasteiger partial charge is 0.242 e. The van der Waals surface area contributed by atoms with Crippen LogP contribution in [0.25, 0.3) is 0 Å². The van der Waals surface area contributed by atoms with Crippen molar-refractivity contribution in [1.29, 1.82) is 0 Å². The predicted molar refractivity (Wildman–Crippen MR) is 119 cm³/mol. The maximum Gasteiger partial charge on any atom is 0.242 e. The summed E-state index contributed by atoms with van der Waals surface area (Å²) in [7, 11) is -1.43. The van der Waals surface area contributed by atoms with Gasteiger partial charge < -0.3 is 9.64 Å². The summed E-state index contributed by atoms with van der Waals surface area (Å²) >= 11 is 0. The molecule has 0 aromatic carbocycles. The van der Waals surface area contributed by atoms with Crippen LogP contribution in [0.2, 0.25) is 0 Å². The third-order valence-electron chi connectivity index (χ3n) is 6.19. The summed E-state index contributed by atoms with van der Waals surface area (Å²) in [6.07, 6.45) is 8.72. The molecule has 31 heavy (non-hydrogen) atoms. The largest absolute Gasteiger partial charge is 0.378 e. The molecule has 1 N–H and O–H groups in total. The second-order valence-corrected chi connectivity index (χ2v) is 10.1. The van der Waals surface area contributed by atoms with Crippen LogP contribution < -0.4 is 9.62 Å². The Morgan fingerprint density at radius 3 is 2.45 bits per heavy atom. The van der Waals surface area contributed by atoms with Crippen LogP contribution in [0.3, 0.4) is 0 Å². The number of nitrogens with one attached hydrogen (secondary N) is 1. The van der Waals surface area contributed by atoms with Crippen molar-refractivity contribution < 1.29 is 13.2 Å². The van der Waals surface area contributed by atoms with Crippen LogP contribution in [0, 0.1) is 0 Å². The van der Waals surface area contributed by atoms with Gasteiger partial charge in [0.05, 0.1) is 13.2 Å². The first-order chi connectivity index (χ1) is 15.0. The highest BCUT2D eigenvalue weighted by Crippen LogP contribution is 2.25. The lowest BCUT2D eigenvalue weighted by molar-refractivity contribution is 0.122. The first-order valence-corrected chi connectivity index (χ1v) is 12.4. The first kappa shape index (κ1) is 22.1. The topological polar surface area (TPSA) is 87.7 Å². The van der Waals surface area contributed by atoms with Gasteiger partial charge in [0.25, 0.3) is 0 Å². The van der Waals surface area contributed by atoms with Crippen molar-refractivity contribution in [3.63, 3.8) is 0 Å². The van der Waals surface area contributed by atoms with Gasteiger partial charge in [0.2, 0.25) is 10.0 Å². The third kappa shape index (κ3) is 5.79. The van der Waals surface area contributed by atoms with Crippen LogP contribution in [-0.2, 0) is 21.3 Å². The van der Waals surface area contributed by atoms with Gasteiger partial charge in [0, 0.05) is 50.3 Å². The fourth-order valence-corrected chi connectivity index (χ4v) is 5.59. The van der Waals surface area contributed by atoms with Gasteiger partial charge in [-0.25, -0.2) is 18.1 Å². The van der Waals surface area contributed by atoms with Gasteiger partial charge in [0.1, 0.15) is 10.7 Å². The maximum absolute atomic E-state index is 12.8. The summed E-state index contributed by atoms with van der Waals surface area (Å²) in [5.74, 6) is 0.792. The summed E-state index contributed by atoms with van der Waals surface area (Å²) < 4.78 is 33.9. The van der Waals surface area contributed by atoms with Gasteiger partial charge in [-0.2, -0.15) is 0 Å². The van der Waals surface area contributed by atoms with E-state index in [1.807, 2.05) is 24.5 Å². The predicted octanol–water partition coefficient (Wildman–Crippen LogP) is 2.03. The number of rotatable bonds is 7. The Morgan fingerprint density at radius 2 is 1.81 bits per heavy atom. The van der Waals surface area contributed by atoms with Gasteiger partial charge in [-0.3, -0.25) is 9.88 Å². The van der Waals surface area contributed by atoms with Crippen LogP contribution in [0.15, 0.2) is 47.8 Å². The normalized spacial score (nSPS) is 22.6. The Labute approximate surface area is 184 Å². The summed E-state index contributed by atoms with van der Waals surface area (Å²) in [6, 6.07) is 7.93. The summed E-state index contributed by atoms with van der Waals surface area (Å²) in [5.41, 5.74) is 1.24. The van der Waals surface area contributed by atoms with E-state index < -0.39 is 10.0 Å². The van der Waals surface area contributed by atoms with Gasteiger partial charge >= 0.3 is 0 Å². The maximum atomic E-state index is 12.8. The van der Waals surface area contributed by atoms with E-state index in [0.29, 0.717) is 19.3 Å². The zero-order valence-electron chi connectivity index (χ0n) is 18.0. The van der Waals surface area contributed by atoms with Crippen LogP contribution in [0.4, 0.5) is 5.82 Å². The van der Waals surface area contributed by atoms with Crippen molar-refractivity contribution in [3.8, 4) is 0 Å². The van der Waals surface area contributed by atoms with E-state index >= 15 is 0 Å². The van der Waals surface area contributed by atoms with Gasteiger partial charge in [-0.1, -0.05) is 0 Å². The van der Waals surface area contributed by atoms with Crippen LogP contribution >= 0.6 is 0 Å². The van der Waals surface area contributed by atoms with Crippen molar-refractivity contribution in [1.82, 2.24) is 19.6 Å². The number of nitrogens with zero attached hydrogens (tertiary/aromatic N) is 4. The van der Waals surface area contributed by atoms with Crippen LogP contribution in [0.1, 0.15) is 31.2 Å². The molecule has 0 spiro atoms. The van der Waals surface area contributed by atoms with E-state index in [4.69, 9.17) is 4.74 Å². The van der Waals surface area contributed by atoms with Crippen LogP contribution in [-0.4, -0.2) is 68.7 Å². The quantitative estimate of drug-likeness (QED) is 0.698. The number of hydrogen-bond acceptors (Lipinski definition) is 7. The zero-order chi connectivity index (χ0) is 21.7. The minimum atomic E-state index is -3.57. The monoisotopic (exact) mass is 445 g/mol. The Hall–Kier alpha value is -2.07. The molecule has 3 heterocycles. The molecule has 2 aromatic rings. The average molecular weight is 446 g/mol. The van der Waals surface area contributed by atoms with Crippen molar-refractivity contribution >= 4 is 15.8 Å². The fourth-order valence-electron chi connectivity index (χ4n) is 4.34. The lowest BCUT2D eigenvalue weighted by Crippen LogP contribution is -2.42. The van der Waals surface area contributed by atoms with E-state index in [9.17, 15) is 8.42 Å². The molecule has 0 atom stereocenters. The van der Waals surface area contributed by atoms with Crippen molar-refractivity contribution in [3.05, 3.63) is 48.4 Å². The van der Waals surface area contributed by atoms with Crippen LogP contribution in [0.5, 0.6) is 0 Å². The highest BCUT2D eigenvalue weighted by atomic mass is 32.2. The van der Waals surface area contributed by atoms with Gasteiger partial charge in [0.15, 0.2) is 0 Å². The highest BCUT2D eigenvalue weighted by Gasteiger charge is 2.28. The third-order valence-corrected chi connectivity index (χ3v) is 7.70. The van der Waals surface area contributed by atoms with E-state index in [1.165, 1.54) is 11.8 Å². The molecule has 0 bridgehead atoms. The molecule has 168 valence electrons. The first-order valence-electron chi connectivity index (χ1n) is 10.9. The van der Waals surface area contributed by atoms with E-state index in [-0.39, 0.29) is 10.9 Å². The number of pyridine rings is 2. The van der Waals surface area contributed by atoms with Gasteiger partial charge in [-0.05, 0) is 62.6 Å². The molecule has 8 nitrogen and oxygen atoms in total. The molecule has 1 aliphatic heterocycles. The molecule has 0 unspecified atom stereocenters. The highest BCUT2D eigenvalue weighted by molar-refractivity contribution is 7.89. The zero-order valence-corrected chi connectivity index (χ0v) is 18.8. The van der Waals surface area contributed by atoms with Gasteiger partial charge in [-0.15, -0.1) is 0 Å². The molecule has 2 aromatic heterocycles. The minimum absolute atomic E-state index is 0.0329. The van der Waals surface area contributed by atoms with Crippen molar-refractivity contribution in [2.24, 2.45) is 0 Å². The Morgan fingerprint density at radius 1 is 1.10 bits per heavy atom. The number of anilines is 1. The average Bonchev–Trinajstić information content (AvgIpc) is 2.81. The Balaban J connectivity index is 1.29. The lowest BCUT2D eigenvalue weighted by Gasteiger charge is -2.35. The lowest BCUT2D eigenvalue weighted by atomic mass is 9.91. The fraction of sp³-hybridized carbons (Fsp3) is 0.545. The van der Waals surface area contributed by atoms with E-state index in [1.54, 1.807) is 12.1 Å². The molecular formula is C22H31N5O3S. The summed E-state index contributed by atoms with van der Waals surface area (Å²) in [6.45, 7) is 3.77. The minimum Gasteiger partial charge on any atom is -0.378 e. The molecule has 1 saturated carbocycles. The number of hydrogen-bond donors (Lipinski definition) is 1. The van der Waals surface area contributed by atoms with E-state index in [2.05, 4.69) is 31.5 Å². The summed E-state index contributed by atoms with van der Waals surface area (Å²) in [4.78, 5) is 13.1. The van der Waals surface area contributed by atoms with Crippen molar-refractivity contribution in [2.75, 3.05) is 38.3 Å². The second-order valence-electron chi connectivity index (χ2n) is 8.35. The molecule has 2 fully saturated rings. The molecule has 4 rings (SSSR count). The Bertz CT molecular complexity index is 925. The molecule has 2 aliphatic rings. The molecule has 9 heteroatoms. The van der Waals surface area contributed by atoms with Crippen molar-refractivity contribution in [2.45, 2.75) is 49.2 Å². The molecule has 1 saturated heterocycles. The standard InChI is InChI=1S/C22H31N5O3S/c1-26(17-18-8-10-23-11-9-18)20-4-2-19(3-5-20)25-31(28,29)21-6-7-22(24-16-21)27-12-14-30-15-13-27/h6-11,16,19-20,25H,2-5,12-15,17H2,1H3. The van der Waals surface area contributed by atoms with E-state index in [0.717, 1.165) is 51.1 Å². The molecule has 0 amide bonds. The molecular weight excluding hydrogens is 414 g/mol. The number of aromatic nitrogens is 2. The Kier molecular flexibility index (Phi) is 7.16.